The number of aromatic nitrogens is 1. The summed E-state index contributed by atoms with van der Waals surface area (Å²) in [5, 5.41) is 10.6. The van der Waals surface area contributed by atoms with E-state index >= 15 is 0 Å². The standard InChI is InChI=1S/C24H30ClN3O6S/c1-4-33-24(30)16-20-17(2)19-10-9-18(15-21(19)26-20)34-14-12-27(11-13-29)22-7-5-6-8-23(22)28(25)35(3,31)32/h5-10,15,26,29H,4,11-14,16H2,1-3H3. The van der Waals surface area contributed by atoms with E-state index in [1.54, 1.807) is 31.2 Å². The maximum absolute atomic E-state index is 12.0. The van der Waals surface area contributed by atoms with Crippen LogP contribution < -0.4 is 13.5 Å². The first-order valence-corrected chi connectivity index (χ1v) is 13.3. The summed E-state index contributed by atoms with van der Waals surface area (Å²) in [6.45, 7) is 4.85. The number of nitrogens with one attached hydrogen (secondary N) is 1. The van der Waals surface area contributed by atoms with Crippen LogP contribution in [0.2, 0.25) is 0 Å². The lowest BCUT2D eigenvalue weighted by atomic mass is 10.1. The molecule has 0 unspecified atom stereocenters. The monoisotopic (exact) mass is 523 g/mol. The molecule has 0 atom stereocenters. The molecule has 2 N–H and O–H groups in total. The molecule has 11 heteroatoms. The number of aliphatic hydroxyl groups is 1. The Balaban J connectivity index is 1.73. The molecule has 0 fully saturated rings. The number of rotatable bonds is 12. The SMILES string of the molecule is CCOC(=O)Cc1[nH]c2cc(OCCN(CCO)c3ccccc3N(Cl)S(C)(=O)=O)ccc2c1C. The number of anilines is 2. The number of carbonyl (C=O) groups excluding carboxylic acids is 1. The van der Waals surface area contributed by atoms with Crippen molar-refractivity contribution >= 4 is 50.0 Å². The van der Waals surface area contributed by atoms with Crippen LogP contribution in [0.4, 0.5) is 11.4 Å². The Kier molecular flexibility index (Phi) is 8.87. The van der Waals surface area contributed by atoms with Gasteiger partial charge in [-0.05, 0) is 43.7 Å². The van der Waals surface area contributed by atoms with Crippen LogP contribution in [0.3, 0.4) is 0 Å². The minimum atomic E-state index is -3.68. The fourth-order valence-electron chi connectivity index (χ4n) is 3.80. The molecule has 3 rings (SSSR count). The molecule has 0 saturated heterocycles. The second kappa shape index (κ2) is 11.7. The van der Waals surface area contributed by atoms with Crippen LogP contribution >= 0.6 is 11.8 Å². The molecule has 0 saturated carbocycles. The first kappa shape index (κ1) is 26.7. The number of esters is 1. The quantitative estimate of drug-likeness (QED) is 0.276. The van der Waals surface area contributed by atoms with Gasteiger partial charge >= 0.3 is 5.97 Å². The van der Waals surface area contributed by atoms with Crippen molar-refractivity contribution in [3.05, 3.63) is 53.7 Å². The number of fused-ring (bicyclic) bond motifs is 1. The van der Waals surface area contributed by atoms with Gasteiger partial charge in [0.1, 0.15) is 12.4 Å². The van der Waals surface area contributed by atoms with Crippen LogP contribution in [-0.2, 0) is 26.0 Å². The lowest BCUT2D eigenvalue weighted by Crippen LogP contribution is -2.33. The number of nitrogens with zero attached hydrogens (tertiary/aromatic N) is 2. The van der Waals surface area contributed by atoms with Crippen molar-refractivity contribution in [2.24, 2.45) is 0 Å². The average molecular weight is 524 g/mol. The van der Waals surface area contributed by atoms with Crippen LogP contribution in [0.25, 0.3) is 10.9 Å². The number of aryl methyl sites for hydroxylation is 1. The number of H-pyrrole nitrogens is 1. The van der Waals surface area contributed by atoms with Gasteiger partial charge in [-0.3, -0.25) is 4.79 Å². The fourth-order valence-corrected chi connectivity index (χ4v) is 4.46. The van der Waals surface area contributed by atoms with Gasteiger partial charge in [0.05, 0.1) is 43.8 Å². The van der Waals surface area contributed by atoms with Gasteiger partial charge in [0, 0.05) is 41.0 Å². The topological polar surface area (TPSA) is 112 Å². The zero-order valence-electron chi connectivity index (χ0n) is 20.0. The maximum Gasteiger partial charge on any atom is 0.311 e. The highest BCUT2D eigenvalue weighted by molar-refractivity contribution is 7.93. The predicted molar refractivity (Wildman–Crippen MR) is 138 cm³/mol. The highest BCUT2D eigenvalue weighted by atomic mass is 35.5. The van der Waals surface area contributed by atoms with Crippen LogP contribution in [0.5, 0.6) is 5.75 Å². The van der Waals surface area contributed by atoms with Crippen molar-refractivity contribution in [2.75, 3.05) is 47.9 Å². The van der Waals surface area contributed by atoms with Crippen LogP contribution in [0, 0.1) is 6.92 Å². The second-order valence-electron chi connectivity index (χ2n) is 7.94. The van der Waals surface area contributed by atoms with Gasteiger partial charge in [-0.2, -0.15) is 3.82 Å². The molecule has 2 aromatic carbocycles. The first-order chi connectivity index (χ1) is 16.7. The molecule has 0 aliphatic rings. The number of aromatic amines is 1. The molecule has 35 heavy (non-hydrogen) atoms. The smallest absolute Gasteiger partial charge is 0.311 e. The van der Waals surface area contributed by atoms with Crippen molar-refractivity contribution in [3.8, 4) is 5.75 Å². The molecule has 9 nitrogen and oxygen atoms in total. The van der Waals surface area contributed by atoms with Gasteiger partial charge in [0.25, 0.3) is 0 Å². The van der Waals surface area contributed by atoms with Crippen molar-refractivity contribution < 1.29 is 27.8 Å². The average Bonchev–Trinajstić information content (AvgIpc) is 3.12. The van der Waals surface area contributed by atoms with Crippen molar-refractivity contribution in [1.82, 2.24) is 4.98 Å². The zero-order valence-corrected chi connectivity index (χ0v) is 21.5. The van der Waals surface area contributed by atoms with E-state index < -0.39 is 10.0 Å². The molecular formula is C24H30ClN3O6S. The molecule has 0 aliphatic heterocycles. The Hall–Kier alpha value is -2.95. The third-order valence-electron chi connectivity index (χ3n) is 5.46. The van der Waals surface area contributed by atoms with Crippen LogP contribution in [0.1, 0.15) is 18.2 Å². The van der Waals surface area contributed by atoms with E-state index in [-0.39, 0.29) is 32.1 Å². The normalized spacial score (nSPS) is 11.5. The molecule has 0 bridgehead atoms. The lowest BCUT2D eigenvalue weighted by Gasteiger charge is -2.28. The second-order valence-corrected chi connectivity index (χ2v) is 10.3. The van der Waals surface area contributed by atoms with E-state index in [9.17, 15) is 18.3 Å². The molecule has 0 aliphatic carbocycles. The number of aliphatic hydroxyl groups excluding tert-OH is 1. The number of benzene rings is 2. The van der Waals surface area contributed by atoms with Gasteiger partial charge in [-0.25, -0.2) is 8.42 Å². The largest absolute Gasteiger partial charge is 0.492 e. The summed E-state index contributed by atoms with van der Waals surface area (Å²) in [5.41, 5.74) is 3.50. The number of carbonyl (C=O) groups is 1. The molecule has 1 heterocycles. The van der Waals surface area contributed by atoms with Gasteiger partial charge in [-0.15, -0.1) is 0 Å². The minimum absolute atomic E-state index is 0.132. The predicted octanol–water partition coefficient (Wildman–Crippen LogP) is 3.38. The minimum Gasteiger partial charge on any atom is -0.492 e. The third kappa shape index (κ3) is 6.59. The van der Waals surface area contributed by atoms with Gasteiger partial charge in [0.15, 0.2) is 0 Å². The molecule has 1 aromatic heterocycles. The van der Waals surface area contributed by atoms with Gasteiger partial charge < -0.3 is 24.5 Å². The number of hydrogen-bond acceptors (Lipinski definition) is 7. The summed E-state index contributed by atoms with van der Waals surface area (Å²) >= 11 is 6.07. The summed E-state index contributed by atoms with van der Waals surface area (Å²) in [7, 11) is -3.68. The third-order valence-corrected chi connectivity index (χ3v) is 7.18. The molecule has 0 radical (unpaired) electrons. The molecule has 3 aromatic rings. The highest BCUT2D eigenvalue weighted by Crippen LogP contribution is 2.32. The van der Waals surface area contributed by atoms with E-state index in [1.807, 2.05) is 30.0 Å². The number of para-hydroxylation sites is 2. The fraction of sp³-hybridized carbons (Fsp3) is 0.375. The Morgan fingerprint density at radius 1 is 1.14 bits per heavy atom. The van der Waals surface area contributed by atoms with E-state index in [0.29, 0.717) is 34.1 Å². The number of halogens is 1. The Morgan fingerprint density at radius 3 is 2.51 bits per heavy atom. The Bertz CT molecular complexity index is 1280. The Morgan fingerprint density at radius 2 is 1.86 bits per heavy atom. The molecular weight excluding hydrogens is 494 g/mol. The number of hydrogen-bond donors (Lipinski definition) is 2. The zero-order chi connectivity index (χ0) is 25.6. The Labute approximate surface area is 210 Å². The van der Waals surface area contributed by atoms with E-state index in [2.05, 4.69) is 4.98 Å². The maximum atomic E-state index is 12.0. The first-order valence-electron chi connectivity index (χ1n) is 11.2. The van der Waals surface area contributed by atoms with Crippen LogP contribution in [-0.4, -0.2) is 63.6 Å². The van der Waals surface area contributed by atoms with Crippen LogP contribution in [0.15, 0.2) is 42.5 Å². The van der Waals surface area contributed by atoms with Crippen molar-refractivity contribution in [1.29, 1.82) is 0 Å². The van der Waals surface area contributed by atoms with E-state index in [1.165, 1.54) is 0 Å². The van der Waals surface area contributed by atoms with E-state index in [0.717, 1.165) is 28.4 Å². The van der Waals surface area contributed by atoms with Crippen molar-refractivity contribution in [2.45, 2.75) is 20.3 Å². The highest BCUT2D eigenvalue weighted by Gasteiger charge is 2.21. The number of ether oxygens (including phenoxy) is 2. The summed E-state index contributed by atoms with van der Waals surface area (Å²) in [6, 6.07) is 12.5. The summed E-state index contributed by atoms with van der Waals surface area (Å²) in [5.74, 6) is 0.350. The van der Waals surface area contributed by atoms with E-state index in [4.69, 9.17) is 21.3 Å². The lowest BCUT2D eigenvalue weighted by molar-refractivity contribution is -0.142. The molecule has 0 spiro atoms. The number of sulfonamides is 1. The summed E-state index contributed by atoms with van der Waals surface area (Å²) < 4.78 is 35.6. The van der Waals surface area contributed by atoms with Gasteiger partial charge in [-0.1, -0.05) is 12.1 Å². The summed E-state index contributed by atoms with van der Waals surface area (Å²) in [6.07, 6.45) is 1.19. The summed E-state index contributed by atoms with van der Waals surface area (Å²) in [4.78, 5) is 17.0. The molecule has 190 valence electrons. The van der Waals surface area contributed by atoms with Crippen molar-refractivity contribution in [3.63, 3.8) is 0 Å². The molecule has 0 amide bonds. The van der Waals surface area contributed by atoms with Gasteiger partial charge in [0.2, 0.25) is 10.0 Å².